The summed E-state index contributed by atoms with van der Waals surface area (Å²) in [5.74, 6) is 0.958. The Morgan fingerprint density at radius 3 is 2.95 bits per heavy atom. The minimum Gasteiger partial charge on any atom is -0.496 e. The summed E-state index contributed by atoms with van der Waals surface area (Å²) in [6, 6.07) is 8.68. The molecule has 1 aliphatic rings. The number of ether oxygens (including phenoxy) is 2. The molecule has 0 bridgehead atoms. The van der Waals surface area contributed by atoms with Crippen molar-refractivity contribution in [3.05, 3.63) is 29.8 Å². The molecule has 1 fully saturated rings. The Morgan fingerprint density at radius 2 is 2.19 bits per heavy atom. The molecular formula is C17H27NO3. The Hall–Kier alpha value is -1.10. The summed E-state index contributed by atoms with van der Waals surface area (Å²) in [6.07, 6.45) is 2.95. The molecule has 2 rings (SSSR count). The molecule has 0 aromatic heterocycles. The maximum absolute atomic E-state index is 10.0. The van der Waals surface area contributed by atoms with E-state index in [4.69, 9.17) is 9.47 Å². The van der Waals surface area contributed by atoms with Crippen LogP contribution < -0.4 is 4.74 Å². The van der Waals surface area contributed by atoms with E-state index >= 15 is 0 Å². The van der Waals surface area contributed by atoms with Gasteiger partial charge in [-0.1, -0.05) is 18.2 Å². The number of nitrogens with zero attached hydrogens (tertiary/aromatic N) is 1. The molecule has 1 N–H and O–H groups in total. The van der Waals surface area contributed by atoms with Gasteiger partial charge in [0.1, 0.15) is 5.75 Å². The Morgan fingerprint density at radius 1 is 1.38 bits per heavy atom. The highest BCUT2D eigenvalue weighted by Crippen LogP contribution is 2.26. The first-order valence-corrected chi connectivity index (χ1v) is 7.86. The Balaban J connectivity index is 1.92. The summed E-state index contributed by atoms with van der Waals surface area (Å²) in [5.41, 5.74) is 1.25. The lowest BCUT2D eigenvalue weighted by atomic mass is 10.0. The predicted octanol–water partition coefficient (Wildman–Crippen LogP) is 2.10. The number of hydrogen-bond acceptors (Lipinski definition) is 4. The molecule has 0 radical (unpaired) electrons. The zero-order chi connectivity index (χ0) is 15.1. The van der Waals surface area contributed by atoms with E-state index in [0.717, 1.165) is 18.7 Å². The summed E-state index contributed by atoms with van der Waals surface area (Å²) in [6.45, 7) is 4.78. The highest BCUT2D eigenvalue weighted by molar-refractivity contribution is 5.34. The van der Waals surface area contributed by atoms with Gasteiger partial charge in [-0.3, -0.25) is 4.90 Å². The predicted molar refractivity (Wildman–Crippen MR) is 83.8 cm³/mol. The monoisotopic (exact) mass is 293 g/mol. The van der Waals surface area contributed by atoms with E-state index in [2.05, 4.69) is 17.0 Å². The average Bonchev–Trinajstić information content (AvgIpc) is 2.92. The van der Waals surface area contributed by atoms with Gasteiger partial charge in [-0.05, 0) is 44.4 Å². The van der Waals surface area contributed by atoms with Gasteiger partial charge in [-0.2, -0.15) is 0 Å². The van der Waals surface area contributed by atoms with Gasteiger partial charge in [0.05, 0.1) is 19.8 Å². The van der Waals surface area contributed by atoms with E-state index in [0.29, 0.717) is 25.8 Å². The first kappa shape index (κ1) is 16.3. The van der Waals surface area contributed by atoms with Crippen LogP contribution in [0.2, 0.25) is 0 Å². The number of β-amino-alcohol motifs (C(OH)–C–C–N with tert-alkyl or cyclic N) is 1. The highest BCUT2D eigenvalue weighted by atomic mass is 16.5. The molecule has 1 heterocycles. The zero-order valence-corrected chi connectivity index (χ0v) is 13.1. The van der Waals surface area contributed by atoms with Gasteiger partial charge in [-0.15, -0.1) is 0 Å². The molecule has 0 spiro atoms. The maximum Gasteiger partial charge on any atom is 0.122 e. The zero-order valence-electron chi connectivity index (χ0n) is 13.1. The van der Waals surface area contributed by atoms with Crippen LogP contribution in [0, 0.1) is 0 Å². The van der Waals surface area contributed by atoms with Crippen LogP contribution in [-0.2, 0) is 11.2 Å². The number of hydrogen-bond donors (Lipinski definition) is 1. The number of benzene rings is 1. The molecule has 1 aliphatic heterocycles. The normalized spacial score (nSPS) is 20.6. The van der Waals surface area contributed by atoms with Gasteiger partial charge in [-0.25, -0.2) is 0 Å². The number of aliphatic hydroxyl groups excluding tert-OH is 1. The SMILES string of the molecule is CCOC[C@@H](O)CN1CCC[C@H]1Cc1ccccc1OC. The van der Waals surface area contributed by atoms with E-state index in [1.165, 1.54) is 18.4 Å². The molecule has 0 saturated carbocycles. The highest BCUT2D eigenvalue weighted by Gasteiger charge is 2.27. The van der Waals surface area contributed by atoms with Crippen LogP contribution in [0.15, 0.2) is 24.3 Å². The summed E-state index contributed by atoms with van der Waals surface area (Å²) in [4.78, 5) is 2.39. The third-order valence-corrected chi connectivity index (χ3v) is 4.11. The number of rotatable bonds is 8. The minimum absolute atomic E-state index is 0.400. The summed E-state index contributed by atoms with van der Waals surface area (Å²) in [5, 5.41) is 10.0. The van der Waals surface area contributed by atoms with Crippen molar-refractivity contribution in [2.45, 2.75) is 38.3 Å². The summed E-state index contributed by atoms with van der Waals surface area (Å²) in [7, 11) is 1.72. The second kappa shape index (κ2) is 8.37. The van der Waals surface area contributed by atoms with Crippen molar-refractivity contribution < 1.29 is 14.6 Å². The second-order valence-electron chi connectivity index (χ2n) is 5.62. The summed E-state index contributed by atoms with van der Waals surface area (Å²) < 4.78 is 10.7. The first-order chi connectivity index (χ1) is 10.2. The Bertz CT molecular complexity index is 424. The standard InChI is InChI=1S/C17H27NO3/c1-3-21-13-16(19)12-18-10-6-8-15(18)11-14-7-4-5-9-17(14)20-2/h4-5,7,9,15-16,19H,3,6,8,10-13H2,1-2H3/t15-,16-/m0/s1. The van der Waals surface area contributed by atoms with E-state index in [1.54, 1.807) is 7.11 Å². The number of aliphatic hydroxyl groups is 1. The molecule has 1 aromatic rings. The van der Waals surface area contributed by atoms with Crippen molar-refractivity contribution >= 4 is 0 Å². The fourth-order valence-corrected chi connectivity index (χ4v) is 3.07. The summed E-state index contributed by atoms with van der Waals surface area (Å²) >= 11 is 0. The molecule has 118 valence electrons. The van der Waals surface area contributed by atoms with Crippen LogP contribution in [0.5, 0.6) is 5.75 Å². The van der Waals surface area contributed by atoms with E-state index in [-0.39, 0.29) is 0 Å². The molecule has 21 heavy (non-hydrogen) atoms. The van der Waals surface area contributed by atoms with Gasteiger partial charge < -0.3 is 14.6 Å². The molecule has 0 aliphatic carbocycles. The van der Waals surface area contributed by atoms with Gasteiger partial charge >= 0.3 is 0 Å². The molecule has 0 amide bonds. The van der Waals surface area contributed by atoms with Crippen molar-refractivity contribution in [1.29, 1.82) is 0 Å². The molecule has 2 atom stereocenters. The molecular weight excluding hydrogens is 266 g/mol. The van der Waals surface area contributed by atoms with Crippen molar-refractivity contribution in [3.8, 4) is 5.75 Å². The van der Waals surface area contributed by atoms with E-state index < -0.39 is 6.10 Å². The van der Waals surface area contributed by atoms with Crippen LogP contribution in [-0.4, -0.2) is 55.6 Å². The second-order valence-corrected chi connectivity index (χ2v) is 5.62. The third-order valence-electron chi connectivity index (χ3n) is 4.11. The fourth-order valence-electron chi connectivity index (χ4n) is 3.07. The van der Waals surface area contributed by atoms with E-state index in [9.17, 15) is 5.11 Å². The quantitative estimate of drug-likeness (QED) is 0.797. The third kappa shape index (κ3) is 4.70. The van der Waals surface area contributed by atoms with Crippen LogP contribution in [0.3, 0.4) is 0 Å². The molecule has 4 heteroatoms. The number of likely N-dealkylation sites (tertiary alicyclic amines) is 1. The van der Waals surface area contributed by atoms with Crippen LogP contribution in [0.4, 0.5) is 0 Å². The fraction of sp³-hybridized carbons (Fsp3) is 0.647. The molecule has 1 saturated heterocycles. The smallest absolute Gasteiger partial charge is 0.122 e. The average molecular weight is 293 g/mol. The topological polar surface area (TPSA) is 41.9 Å². The van der Waals surface area contributed by atoms with Crippen molar-refractivity contribution in [1.82, 2.24) is 4.90 Å². The largest absolute Gasteiger partial charge is 0.496 e. The lowest BCUT2D eigenvalue weighted by Crippen LogP contribution is -2.39. The van der Waals surface area contributed by atoms with Crippen LogP contribution in [0.1, 0.15) is 25.3 Å². The van der Waals surface area contributed by atoms with Gasteiger partial charge in [0.2, 0.25) is 0 Å². The maximum atomic E-state index is 10.0. The van der Waals surface area contributed by atoms with Gasteiger partial charge in [0.15, 0.2) is 0 Å². The van der Waals surface area contributed by atoms with Crippen molar-refractivity contribution in [2.24, 2.45) is 0 Å². The molecule has 0 unspecified atom stereocenters. The minimum atomic E-state index is -0.400. The van der Waals surface area contributed by atoms with Crippen LogP contribution in [0.25, 0.3) is 0 Å². The lowest BCUT2D eigenvalue weighted by molar-refractivity contribution is 0.0188. The molecule has 4 nitrogen and oxygen atoms in total. The number of methoxy groups -OCH3 is 1. The van der Waals surface area contributed by atoms with Crippen molar-refractivity contribution in [3.63, 3.8) is 0 Å². The first-order valence-electron chi connectivity index (χ1n) is 7.86. The lowest BCUT2D eigenvalue weighted by Gasteiger charge is -2.27. The Kier molecular flexibility index (Phi) is 6.49. The van der Waals surface area contributed by atoms with Crippen LogP contribution >= 0.6 is 0 Å². The van der Waals surface area contributed by atoms with Gasteiger partial charge in [0, 0.05) is 19.2 Å². The van der Waals surface area contributed by atoms with E-state index in [1.807, 2.05) is 19.1 Å². The number of para-hydroxylation sites is 1. The van der Waals surface area contributed by atoms with Gasteiger partial charge in [0.25, 0.3) is 0 Å². The Labute approximate surface area is 127 Å². The molecule has 1 aromatic carbocycles. The van der Waals surface area contributed by atoms with Crippen molar-refractivity contribution in [2.75, 3.05) is 33.4 Å².